The molecule has 0 saturated carbocycles. The normalized spacial score (nSPS) is 17.5. The number of nitrogens with two attached hydrogens (primary N) is 1. The Morgan fingerprint density at radius 1 is 1.16 bits per heavy atom. The maximum atomic E-state index is 6.35. The summed E-state index contributed by atoms with van der Waals surface area (Å²) in [5.74, 6) is 1.72. The fourth-order valence-electron chi connectivity index (χ4n) is 2.71. The third-order valence-corrected chi connectivity index (χ3v) is 3.80. The molecule has 0 aliphatic carbocycles. The molecule has 0 amide bonds. The van der Waals surface area contributed by atoms with E-state index in [0.29, 0.717) is 0 Å². The minimum absolute atomic E-state index is 0.0393. The van der Waals surface area contributed by atoms with Crippen molar-refractivity contribution in [1.82, 2.24) is 4.90 Å². The molecule has 4 heteroatoms. The molecule has 106 valence electrons. The van der Waals surface area contributed by atoms with Crippen LogP contribution in [0.15, 0.2) is 12.1 Å². The van der Waals surface area contributed by atoms with Gasteiger partial charge in [-0.2, -0.15) is 0 Å². The van der Waals surface area contributed by atoms with Crippen LogP contribution in [-0.2, 0) is 0 Å². The molecule has 1 fully saturated rings. The molecule has 1 aromatic carbocycles. The van der Waals surface area contributed by atoms with Crippen LogP contribution in [0.5, 0.6) is 11.5 Å². The van der Waals surface area contributed by atoms with E-state index in [0.717, 1.165) is 42.3 Å². The van der Waals surface area contributed by atoms with Crippen LogP contribution in [0.2, 0.25) is 0 Å². The number of benzene rings is 1. The van der Waals surface area contributed by atoms with E-state index in [1.807, 2.05) is 19.1 Å². The van der Waals surface area contributed by atoms with Crippen molar-refractivity contribution in [3.8, 4) is 11.5 Å². The highest BCUT2D eigenvalue weighted by atomic mass is 16.5. The Balaban J connectivity index is 2.20. The smallest absolute Gasteiger partial charge is 0.124 e. The van der Waals surface area contributed by atoms with Crippen molar-refractivity contribution in [3.05, 3.63) is 23.3 Å². The van der Waals surface area contributed by atoms with E-state index in [1.165, 1.54) is 12.8 Å². The molecule has 4 nitrogen and oxygen atoms in total. The standard InChI is InChI=1S/C15H24N2O2/c1-11-8-15(19-3)12(9-14(11)18-2)13(16)10-17-6-4-5-7-17/h8-9,13H,4-7,10,16H2,1-3H3. The molecule has 0 radical (unpaired) electrons. The summed E-state index contributed by atoms with van der Waals surface area (Å²) in [6.45, 7) is 5.19. The molecular formula is C15H24N2O2. The van der Waals surface area contributed by atoms with Crippen LogP contribution in [0.4, 0.5) is 0 Å². The molecule has 0 aromatic heterocycles. The molecule has 1 aliphatic heterocycles. The Bertz CT molecular complexity index is 428. The minimum Gasteiger partial charge on any atom is -0.496 e. The second-order valence-electron chi connectivity index (χ2n) is 5.18. The van der Waals surface area contributed by atoms with Gasteiger partial charge in [0.25, 0.3) is 0 Å². The van der Waals surface area contributed by atoms with Gasteiger partial charge < -0.3 is 20.1 Å². The first-order valence-electron chi connectivity index (χ1n) is 6.86. The highest BCUT2D eigenvalue weighted by Crippen LogP contribution is 2.32. The van der Waals surface area contributed by atoms with Crippen LogP contribution in [-0.4, -0.2) is 38.8 Å². The van der Waals surface area contributed by atoms with E-state index >= 15 is 0 Å². The molecule has 1 unspecified atom stereocenters. The molecule has 1 atom stereocenters. The number of likely N-dealkylation sites (tertiary alicyclic amines) is 1. The summed E-state index contributed by atoms with van der Waals surface area (Å²) in [7, 11) is 3.37. The average molecular weight is 264 g/mol. The quantitative estimate of drug-likeness (QED) is 0.885. The summed E-state index contributed by atoms with van der Waals surface area (Å²) in [5, 5.41) is 0. The monoisotopic (exact) mass is 264 g/mol. The summed E-state index contributed by atoms with van der Waals surface area (Å²) in [5.41, 5.74) is 8.44. The number of ether oxygens (including phenoxy) is 2. The van der Waals surface area contributed by atoms with Crippen molar-refractivity contribution < 1.29 is 9.47 Å². The predicted molar refractivity (Wildman–Crippen MR) is 76.9 cm³/mol. The van der Waals surface area contributed by atoms with Crippen molar-refractivity contribution in [2.24, 2.45) is 5.73 Å². The third-order valence-electron chi connectivity index (χ3n) is 3.80. The number of rotatable bonds is 5. The molecule has 19 heavy (non-hydrogen) atoms. The number of hydrogen-bond donors (Lipinski definition) is 1. The van der Waals surface area contributed by atoms with E-state index in [-0.39, 0.29) is 6.04 Å². The lowest BCUT2D eigenvalue weighted by Crippen LogP contribution is -2.30. The summed E-state index contributed by atoms with van der Waals surface area (Å²) >= 11 is 0. The maximum Gasteiger partial charge on any atom is 0.124 e. The Hall–Kier alpha value is -1.26. The zero-order valence-corrected chi connectivity index (χ0v) is 12.1. The topological polar surface area (TPSA) is 47.7 Å². The Labute approximate surface area is 115 Å². The maximum absolute atomic E-state index is 6.35. The third kappa shape index (κ3) is 3.19. The highest BCUT2D eigenvalue weighted by molar-refractivity contribution is 5.47. The summed E-state index contributed by atoms with van der Waals surface area (Å²) in [6.07, 6.45) is 2.56. The van der Waals surface area contributed by atoms with Gasteiger partial charge in [0, 0.05) is 18.2 Å². The SMILES string of the molecule is COc1cc(C(N)CN2CCCC2)c(OC)cc1C. The number of nitrogens with zero attached hydrogens (tertiary/aromatic N) is 1. The molecule has 1 heterocycles. The molecule has 1 saturated heterocycles. The number of aryl methyl sites for hydroxylation is 1. The number of methoxy groups -OCH3 is 2. The van der Waals surface area contributed by atoms with Crippen molar-refractivity contribution >= 4 is 0 Å². The second-order valence-corrected chi connectivity index (χ2v) is 5.18. The van der Waals surface area contributed by atoms with E-state index in [4.69, 9.17) is 15.2 Å². The first-order valence-corrected chi connectivity index (χ1v) is 6.86. The summed E-state index contributed by atoms with van der Waals surface area (Å²) < 4.78 is 10.8. The van der Waals surface area contributed by atoms with Crippen molar-refractivity contribution in [3.63, 3.8) is 0 Å². The van der Waals surface area contributed by atoms with Gasteiger partial charge in [0.05, 0.1) is 14.2 Å². The zero-order chi connectivity index (χ0) is 13.8. The van der Waals surface area contributed by atoms with Gasteiger partial charge in [0.1, 0.15) is 11.5 Å². The van der Waals surface area contributed by atoms with E-state index in [2.05, 4.69) is 4.90 Å². The Morgan fingerprint density at radius 3 is 2.37 bits per heavy atom. The van der Waals surface area contributed by atoms with Gasteiger partial charge in [-0.3, -0.25) is 0 Å². The van der Waals surface area contributed by atoms with Crippen LogP contribution in [0.3, 0.4) is 0 Å². The van der Waals surface area contributed by atoms with Gasteiger partial charge >= 0.3 is 0 Å². The lowest BCUT2D eigenvalue weighted by molar-refractivity contribution is 0.310. The Kier molecular flexibility index (Phi) is 4.66. The van der Waals surface area contributed by atoms with Gasteiger partial charge in [-0.25, -0.2) is 0 Å². The highest BCUT2D eigenvalue weighted by Gasteiger charge is 2.20. The fourth-order valence-corrected chi connectivity index (χ4v) is 2.71. The molecular weight excluding hydrogens is 240 g/mol. The summed E-state index contributed by atoms with van der Waals surface area (Å²) in [6, 6.07) is 3.97. The number of hydrogen-bond acceptors (Lipinski definition) is 4. The second kappa shape index (κ2) is 6.26. The van der Waals surface area contributed by atoms with Crippen molar-refractivity contribution in [2.75, 3.05) is 33.9 Å². The lowest BCUT2D eigenvalue weighted by atomic mass is 10.0. The average Bonchev–Trinajstić information content (AvgIpc) is 2.91. The molecule has 2 rings (SSSR count). The van der Waals surface area contributed by atoms with Gasteiger partial charge in [-0.05, 0) is 50.6 Å². The fraction of sp³-hybridized carbons (Fsp3) is 0.600. The van der Waals surface area contributed by atoms with Crippen LogP contribution >= 0.6 is 0 Å². The van der Waals surface area contributed by atoms with Crippen LogP contribution in [0.25, 0.3) is 0 Å². The van der Waals surface area contributed by atoms with E-state index in [1.54, 1.807) is 14.2 Å². The first kappa shape index (κ1) is 14.2. The molecule has 1 aromatic rings. The Morgan fingerprint density at radius 2 is 1.79 bits per heavy atom. The molecule has 1 aliphatic rings. The van der Waals surface area contributed by atoms with Crippen molar-refractivity contribution in [1.29, 1.82) is 0 Å². The van der Waals surface area contributed by atoms with Crippen LogP contribution in [0.1, 0.15) is 30.0 Å². The van der Waals surface area contributed by atoms with Crippen LogP contribution < -0.4 is 15.2 Å². The predicted octanol–water partition coefficient (Wildman–Crippen LogP) is 2.11. The lowest BCUT2D eigenvalue weighted by Gasteiger charge is -2.23. The van der Waals surface area contributed by atoms with Crippen LogP contribution in [0, 0.1) is 6.92 Å². The van der Waals surface area contributed by atoms with E-state index in [9.17, 15) is 0 Å². The van der Waals surface area contributed by atoms with Gasteiger partial charge in [-0.15, -0.1) is 0 Å². The van der Waals surface area contributed by atoms with Gasteiger partial charge in [0.15, 0.2) is 0 Å². The van der Waals surface area contributed by atoms with Gasteiger partial charge in [0.2, 0.25) is 0 Å². The summed E-state index contributed by atoms with van der Waals surface area (Å²) in [4.78, 5) is 2.41. The first-order chi connectivity index (χ1) is 9.15. The largest absolute Gasteiger partial charge is 0.496 e. The van der Waals surface area contributed by atoms with Gasteiger partial charge in [-0.1, -0.05) is 0 Å². The molecule has 0 bridgehead atoms. The van der Waals surface area contributed by atoms with Crippen molar-refractivity contribution in [2.45, 2.75) is 25.8 Å². The molecule has 0 spiro atoms. The minimum atomic E-state index is -0.0393. The molecule has 2 N–H and O–H groups in total. The zero-order valence-electron chi connectivity index (χ0n) is 12.1. The van der Waals surface area contributed by atoms with E-state index < -0.39 is 0 Å².